The van der Waals surface area contributed by atoms with E-state index in [0.29, 0.717) is 11.1 Å². The maximum atomic E-state index is 11.9. The summed E-state index contributed by atoms with van der Waals surface area (Å²) in [7, 11) is 0. The molecule has 0 spiro atoms. The van der Waals surface area contributed by atoms with Crippen LogP contribution in [0.4, 0.5) is 5.69 Å². The molecule has 0 radical (unpaired) electrons. The fourth-order valence-electron chi connectivity index (χ4n) is 1.88. The Morgan fingerprint density at radius 1 is 1.30 bits per heavy atom. The van der Waals surface area contributed by atoms with Gasteiger partial charge in [0.25, 0.3) is 11.1 Å². The number of hydrogen-bond acceptors (Lipinski definition) is 6. The third-order valence-electron chi connectivity index (χ3n) is 2.99. The number of nitrogens with one attached hydrogen (secondary N) is 1. The summed E-state index contributed by atoms with van der Waals surface area (Å²) in [5, 5.41) is 15.2. The molecule has 0 saturated carbocycles. The minimum Gasteiger partial charge on any atom is -0.411 e. The zero-order valence-corrected chi connectivity index (χ0v) is 13.3. The second-order valence-corrected chi connectivity index (χ2v) is 5.59. The molecule has 1 N–H and O–H groups in total. The van der Waals surface area contributed by atoms with Gasteiger partial charge in [0.05, 0.1) is 17.5 Å². The number of para-hydroxylation sites is 1. The SMILES string of the molecule is CCn1cc(-c2nnc(SCC(=O)Nc3ccccc3)o2)cn1. The molecule has 23 heavy (non-hydrogen) atoms. The summed E-state index contributed by atoms with van der Waals surface area (Å²) >= 11 is 1.20. The maximum Gasteiger partial charge on any atom is 0.277 e. The lowest BCUT2D eigenvalue weighted by molar-refractivity contribution is -0.113. The van der Waals surface area contributed by atoms with Gasteiger partial charge in [-0.1, -0.05) is 30.0 Å². The van der Waals surface area contributed by atoms with E-state index in [-0.39, 0.29) is 11.7 Å². The van der Waals surface area contributed by atoms with Crippen LogP contribution in [0.2, 0.25) is 0 Å². The zero-order chi connectivity index (χ0) is 16.1. The molecule has 0 aliphatic heterocycles. The van der Waals surface area contributed by atoms with E-state index in [4.69, 9.17) is 4.42 Å². The lowest BCUT2D eigenvalue weighted by Crippen LogP contribution is -2.13. The van der Waals surface area contributed by atoms with Gasteiger partial charge in [0.2, 0.25) is 5.91 Å². The van der Waals surface area contributed by atoms with Crippen LogP contribution in [0, 0.1) is 0 Å². The quantitative estimate of drug-likeness (QED) is 0.700. The predicted molar refractivity (Wildman–Crippen MR) is 87.0 cm³/mol. The fourth-order valence-corrected chi connectivity index (χ4v) is 2.44. The van der Waals surface area contributed by atoms with Crippen molar-refractivity contribution in [3.05, 3.63) is 42.7 Å². The van der Waals surface area contributed by atoms with E-state index in [9.17, 15) is 4.79 Å². The van der Waals surface area contributed by atoms with Crippen LogP contribution in [0.1, 0.15) is 6.92 Å². The molecule has 0 unspecified atom stereocenters. The normalized spacial score (nSPS) is 10.7. The summed E-state index contributed by atoms with van der Waals surface area (Å²) in [5.41, 5.74) is 1.52. The minimum atomic E-state index is -0.125. The van der Waals surface area contributed by atoms with Gasteiger partial charge in [-0.3, -0.25) is 9.48 Å². The average Bonchev–Trinajstić information content (AvgIpc) is 3.23. The highest BCUT2D eigenvalue weighted by Crippen LogP contribution is 2.22. The molecular weight excluding hydrogens is 314 g/mol. The molecule has 0 bridgehead atoms. The number of aromatic nitrogens is 4. The van der Waals surface area contributed by atoms with E-state index in [1.54, 1.807) is 10.9 Å². The Balaban J connectivity index is 1.56. The summed E-state index contributed by atoms with van der Waals surface area (Å²) in [6, 6.07) is 9.29. The fraction of sp³-hybridized carbons (Fsp3) is 0.200. The van der Waals surface area contributed by atoms with Crippen LogP contribution in [0.5, 0.6) is 0 Å². The molecule has 7 nitrogen and oxygen atoms in total. The molecule has 0 aliphatic carbocycles. The van der Waals surface area contributed by atoms with E-state index in [1.165, 1.54) is 11.8 Å². The molecule has 3 rings (SSSR count). The van der Waals surface area contributed by atoms with Gasteiger partial charge in [-0.2, -0.15) is 5.10 Å². The highest BCUT2D eigenvalue weighted by Gasteiger charge is 2.12. The first kappa shape index (κ1) is 15.3. The second-order valence-electron chi connectivity index (χ2n) is 4.66. The van der Waals surface area contributed by atoms with Crippen molar-refractivity contribution >= 4 is 23.4 Å². The summed E-state index contributed by atoms with van der Waals surface area (Å²) in [6.07, 6.45) is 3.51. The Hall–Kier alpha value is -2.61. The molecule has 3 aromatic rings. The molecule has 0 fully saturated rings. The number of hydrogen-bond donors (Lipinski definition) is 1. The topological polar surface area (TPSA) is 85.8 Å². The Labute approximate surface area is 137 Å². The number of aryl methyl sites for hydroxylation is 1. The molecule has 8 heteroatoms. The maximum absolute atomic E-state index is 11.9. The lowest BCUT2D eigenvalue weighted by atomic mass is 10.3. The number of carbonyl (C=O) groups is 1. The van der Waals surface area contributed by atoms with Crippen molar-refractivity contribution in [3.63, 3.8) is 0 Å². The van der Waals surface area contributed by atoms with E-state index in [2.05, 4.69) is 20.6 Å². The number of amides is 1. The van der Waals surface area contributed by atoms with Gasteiger partial charge in [0.1, 0.15) is 0 Å². The number of thioether (sulfide) groups is 1. The van der Waals surface area contributed by atoms with Crippen LogP contribution in [0.15, 0.2) is 52.4 Å². The number of rotatable bonds is 6. The number of carbonyl (C=O) groups excluding carboxylic acids is 1. The Morgan fingerprint density at radius 2 is 2.13 bits per heavy atom. The predicted octanol–water partition coefficient (Wildman–Crippen LogP) is 2.68. The van der Waals surface area contributed by atoms with Crippen molar-refractivity contribution in [2.24, 2.45) is 0 Å². The first-order valence-corrected chi connectivity index (χ1v) is 8.07. The van der Waals surface area contributed by atoms with Crippen LogP contribution in [-0.2, 0) is 11.3 Å². The molecular formula is C15H15N5O2S. The third-order valence-corrected chi connectivity index (χ3v) is 3.81. The molecule has 2 heterocycles. The third kappa shape index (κ3) is 3.98. The molecule has 1 aromatic carbocycles. The highest BCUT2D eigenvalue weighted by molar-refractivity contribution is 7.99. The van der Waals surface area contributed by atoms with Crippen molar-refractivity contribution in [1.29, 1.82) is 0 Å². The van der Waals surface area contributed by atoms with Crippen LogP contribution >= 0.6 is 11.8 Å². The van der Waals surface area contributed by atoms with Gasteiger partial charge in [-0.25, -0.2) is 0 Å². The molecule has 2 aromatic heterocycles. The smallest absolute Gasteiger partial charge is 0.277 e. The van der Waals surface area contributed by atoms with Gasteiger partial charge in [-0.15, -0.1) is 10.2 Å². The number of nitrogens with zero attached hydrogens (tertiary/aromatic N) is 4. The van der Waals surface area contributed by atoms with Crippen molar-refractivity contribution in [2.75, 3.05) is 11.1 Å². The van der Waals surface area contributed by atoms with Crippen molar-refractivity contribution < 1.29 is 9.21 Å². The first-order chi connectivity index (χ1) is 11.2. The summed E-state index contributed by atoms with van der Waals surface area (Å²) < 4.78 is 7.31. The second kappa shape index (κ2) is 7.10. The molecule has 118 valence electrons. The van der Waals surface area contributed by atoms with E-state index in [0.717, 1.165) is 17.8 Å². The van der Waals surface area contributed by atoms with Gasteiger partial charge >= 0.3 is 0 Å². The standard InChI is InChI=1S/C15H15N5O2S/c1-2-20-9-11(8-16-20)14-18-19-15(22-14)23-10-13(21)17-12-6-4-3-5-7-12/h3-9H,2,10H2,1H3,(H,17,21). The van der Waals surface area contributed by atoms with Gasteiger partial charge in [0, 0.05) is 18.4 Å². The van der Waals surface area contributed by atoms with Gasteiger partial charge in [-0.05, 0) is 19.1 Å². The number of benzene rings is 1. The lowest BCUT2D eigenvalue weighted by Gasteiger charge is -2.02. The molecule has 0 atom stereocenters. The van der Waals surface area contributed by atoms with E-state index >= 15 is 0 Å². The van der Waals surface area contributed by atoms with Crippen LogP contribution < -0.4 is 5.32 Å². The Bertz CT molecular complexity index is 784. The summed E-state index contributed by atoms with van der Waals surface area (Å²) in [6.45, 7) is 2.77. The van der Waals surface area contributed by atoms with Crippen LogP contribution in [-0.4, -0.2) is 31.6 Å². The van der Waals surface area contributed by atoms with Gasteiger partial charge in [0.15, 0.2) is 0 Å². The Kier molecular flexibility index (Phi) is 4.72. The summed E-state index contributed by atoms with van der Waals surface area (Å²) in [5.74, 6) is 0.473. The zero-order valence-electron chi connectivity index (χ0n) is 12.5. The molecule has 1 amide bonds. The first-order valence-electron chi connectivity index (χ1n) is 7.08. The Morgan fingerprint density at radius 3 is 2.87 bits per heavy atom. The van der Waals surface area contributed by atoms with E-state index < -0.39 is 0 Å². The van der Waals surface area contributed by atoms with Crippen molar-refractivity contribution in [2.45, 2.75) is 18.7 Å². The largest absolute Gasteiger partial charge is 0.411 e. The van der Waals surface area contributed by atoms with E-state index in [1.807, 2.05) is 43.5 Å². The van der Waals surface area contributed by atoms with Crippen molar-refractivity contribution in [3.8, 4) is 11.5 Å². The van der Waals surface area contributed by atoms with Crippen LogP contribution in [0.25, 0.3) is 11.5 Å². The monoisotopic (exact) mass is 329 g/mol. The average molecular weight is 329 g/mol. The minimum absolute atomic E-state index is 0.125. The highest BCUT2D eigenvalue weighted by atomic mass is 32.2. The van der Waals surface area contributed by atoms with Gasteiger partial charge < -0.3 is 9.73 Å². The van der Waals surface area contributed by atoms with Crippen LogP contribution in [0.3, 0.4) is 0 Å². The van der Waals surface area contributed by atoms with Crippen molar-refractivity contribution in [1.82, 2.24) is 20.0 Å². The summed E-state index contributed by atoms with van der Waals surface area (Å²) in [4.78, 5) is 11.9. The number of anilines is 1. The molecule has 0 aliphatic rings. The molecule has 0 saturated heterocycles.